The second-order valence-corrected chi connectivity index (χ2v) is 22.8. The topological polar surface area (TPSA) is 243 Å². The first-order valence-electron chi connectivity index (χ1n) is 24.6. The highest BCUT2D eigenvalue weighted by Gasteiger charge is 2.79. The molecular weight excluding hydrogens is 1050 g/mol. The van der Waals surface area contributed by atoms with Gasteiger partial charge in [-0.05, 0) is 61.2 Å². The monoisotopic (exact) mass is 1110 g/mol. The lowest BCUT2D eigenvalue weighted by atomic mass is 9.44. The summed E-state index contributed by atoms with van der Waals surface area (Å²) in [6, 6.07) is 22.3. The number of aliphatic hydroxyl groups is 1. The zero-order valence-corrected chi connectivity index (χ0v) is 45.3. The smallest absolute Gasteiger partial charge is 0.455 e. The van der Waals surface area contributed by atoms with Crippen LogP contribution in [0.15, 0.2) is 102 Å². The van der Waals surface area contributed by atoms with Crippen molar-refractivity contribution in [3.8, 4) is 0 Å². The summed E-state index contributed by atoms with van der Waals surface area (Å²) in [4.78, 5) is 115. The fourth-order valence-corrected chi connectivity index (χ4v) is 11.3. The second-order valence-electron chi connectivity index (χ2n) is 20.3. The summed E-state index contributed by atoms with van der Waals surface area (Å²) in [5.41, 5.74) is -8.32. The van der Waals surface area contributed by atoms with Crippen LogP contribution in [0.5, 0.6) is 0 Å². The molecule has 1 saturated heterocycles. The number of rotatable bonds is 15. The van der Waals surface area contributed by atoms with Crippen molar-refractivity contribution in [1.29, 1.82) is 0 Å². The molecule has 1 heterocycles. The maximum Gasteiger partial charge on any atom is 0.508 e. The third-order valence-corrected chi connectivity index (χ3v) is 15.6. The average Bonchev–Trinajstić information content (AvgIpc) is 3.39. The van der Waals surface area contributed by atoms with Crippen LogP contribution in [0.4, 0.5) is 4.79 Å². The van der Waals surface area contributed by atoms with Crippen LogP contribution in [-0.2, 0) is 61.9 Å². The van der Waals surface area contributed by atoms with E-state index in [1.165, 1.54) is 52.0 Å². The Morgan fingerprint density at radius 3 is 1.92 bits per heavy atom. The molecule has 3 aliphatic carbocycles. The number of ketones is 1. The van der Waals surface area contributed by atoms with Gasteiger partial charge in [0.25, 0.3) is 0 Å². The molecule has 2 N–H and O–H groups in total. The highest BCUT2D eigenvalue weighted by atomic mass is 35.6. The van der Waals surface area contributed by atoms with Crippen molar-refractivity contribution >= 4 is 82.5 Å². The largest absolute Gasteiger partial charge is 0.508 e. The Labute approximate surface area is 454 Å². The van der Waals surface area contributed by atoms with Crippen LogP contribution >= 0.6 is 34.8 Å². The fourth-order valence-electron chi connectivity index (χ4n) is 11.2. The zero-order chi connectivity index (χ0) is 55.7. The third-order valence-electron chi connectivity index (χ3n) is 15.3. The first-order chi connectivity index (χ1) is 35.7. The summed E-state index contributed by atoms with van der Waals surface area (Å²) >= 11 is 17.7. The number of halogens is 3. The molecule has 7 rings (SSSR count). The Hall–Kier alpha value is -6.05. The number of carbonyl (C=O) groups excluding carboxylic acids is 8. The molecule has 3 aromatic rings. The molecule has 1 unspecified atom stereocenters. The summed E-state index contributed by atoms with van der Waals surface area (Å²) in [6.45, 7) is 10.2. The molecule has 18 nitrogen and oxygen atoms in total. The molecule has 1 aliphatic heterocycles. The van der Waals surface area contributed by atoms with Crippen molar-refractivity contribution in [2.24, 2.45) is 22.7 Å². The quantitative estimate of drug-likeness (QED) is 0.0637. The highest BCUT2D eigenvalue weighted by molar-refractivity contribution is 6.67. The van der Waals surface area contributed by atoms with E-state index in [0.29, 0.717) is 12.0 Å². The number of ether oxygens (including phenoxy) is 8. The van der Waals surface area contributed by atoms with E-state index in [2.05, 4.69) is 5.32 Å². The van der Waals surface area contributed by atoms with Gasteiger partial charge in [-0.3, -0.25) is 19.2 Å². The van der Waals surface area contributed by atoms with Crippen LogP contribution in [-0.4, -0.2) is 118 Å². The molecule has 3 aromatic carbocycles. The number of amides is 1. The van der Waals surface area contributed by atoms with Crippen LogP contribution in [0, 0.1) is 22.7 Å². The highest BCUT2D eigenvalue weighted by Crippen LogP contribution is 2.65. The molecule has 2 saturated carbocycles. The lowest BCUT2D eigenvalue weighted by Gasteiger charge is -2.67. The standard InChI is InChI=1S/C55H60Cl3NO17/c1-9-29(2)46(63)59-40(33-19-13-10-14-20-33)42(74-47(64)34-21-15-11-16-22-34)49(66)72-36-26-54(68)45(75-48(65)35-23-17-12-18-24-35)43-52(8,44(62)41(71-31(4)60)39(30(36)3)51(54,6)7)37(73-50(67)70-28-55(56,57)58)25-38-53(43,27-69-38)76-32(5)61/h10-24,29,36-38,40-43,45,68H,9,25-28H2,1-8H3,(H,59,63)/t29?,36-,37-,38+,40-,41+,42+,43-,45-,52+,53-,54+/m0/s1. The van der Waals surface area contributed by atoms with Crippen LogP contribution in [0.25, 0.3) is 0 Å². The summed E-state index contributed by atoms with van der Waals surface area (Å²) < 4.78 is 46.2. The predicted octanol–water partition coefficient (Wildman–Crippen LogP) is 7.86. The maximum atomic E-state index is 16.2. The minimum atomic E-state index is -2.58. The number of fused-ring (bicyclic) bond motifs is 5. The van der Waals surface area contributed by atoms with Gasteiger partial charge in [0, 0.05) is 38.0 Å². The van der Waals surface area contributed by atoms with E-state index in [4.69, 9.17) is 72.7 Å². The van der Waals surface area contributed by atoms with Crippen molar-refractivity contribution < 1.29 is 81.4 Å². The van der Waals surface area contributed by atoms with Gasteiger partial charge in [-0.25, -0.2) is 19.2 Å². The number of esters is 5. The fraction of sp³-hybridized carbons (Fsp3) is 0.491. The van der Waals surface area contributed by atoms with Crippen LogP contribution in [0.1, 0.15) is 107 Å². The van der Waals surface area contributed by atoms with Crippen molar-refractivity contribution in [2.75, 3.05) is 13.2 Å². The number of carbonyl (C=O) groups is 8. The lowest BCUT2D eigenvalue weighted by Crippen LogP contribution is -2.82. The number of benzene rings is 3. The van der Waals surface area contributed by atoms with Crippen LogP contribution < -0.4 is 5.32 Å². The predicted molar refractivity (Wildman–Crippen MR) is 272 cm³/mol. The van der Waals surface area contributed by atoms with Crippen molar-refractivity contribution in [3.05, 3.63) is 119 Å². The van der Waals surface area contributed by atoms with Crippen molar-refractivity contribution in [3.63, 3.8) is 0 Å². The molecule has 3 fully saturated rings. The second kappa shape index (κ2) is 22.5. The van der Waals surface area contributed by atoms with Gasteiger partial charge in [-0.1, -0.05) is 129 Å². The molecule has 4 aliphatic rings. The number of hydrogen-bond donors (Lipinski definition) is 2. The SMILES string of the molecule is CCC(C)C(=O)N[C@@H](c1ccccc1)[C@@H](OC(=O)c1ccccc1)C(=O)O[C@H]1C[C@@]2(O)[C@@H](OC(=O)c3ccccc3)[C@@H]3[C@]4(OC(C)=O)CO[C@@H]4C[C@H](OC(=O)OCC(Cl)(Cl)Cl)[C@@]3(C)C(=O)[C@H](OC(C)=O)C(=C1C)C2(C)C. The van der Waals surface area contributed by atoms with Gasteiger partial charge in [-0.2, -0.15) is 0 Å². The Balaban J connectivity index is 1.46. The van der Waals surface area contributed by atoms with E-state index in [1.54, 1.807) is 80.6 Å². The van der Waals surface area contributed by atoms with E-state index >= 15 is 9.59 Å². The normalized spacial score (nSPS) is 28.6. The molecule has 2 bridgehead atoms. The molecule has 408 valence electrons. The van der Waals surface area contributed by atoms with Gasteiger partial charge in [0.1, 0.15) is 42.7 Å². The molecule has 1 amide bonds. The lowest BCUT2D eigenvalue weighted by molar-refractivity contribution is -0.346. The Morgan fingerprint density at radius 1 is 0.816 bits per heavy atom. The number of nitrogens with one attached hydrogen (secondary N) is 1. The number of hydrogen-bond acceptors (Lipinski definition) is 17. The van der Waals surface area contributed by atoms with Gasteiger partial charge in [0.05, 0.1) is 29.1 Å². The minimum absolute atomic E-state index is 0.0150. The first-order valence-corrected chi connectivity index (χ1v) is 25.8. The molecule has 21 heteroatoms. The van der Waals surface area contributed by atoms with Crippen molar-refractivity contribution in [1.82, 2.24) is 5.32 Å². The van der Waals surface area contributed by atoms with E-state index in [1.807, 2.05) is 0 Å². The van der Waals surface area contributed by atoms with E-state index in [-0.39, 0.29) is 28.7 Å². The van der Waals surface area contributed by atoms with Gasteiger partial charge >= 0.3 is 36.0 Å². The number of Topliss-reactive ketones (excluding diaryl/α,β-unsaturated/α-hetero) is 1. The van der Waals surface area contributed by atoms with Crippen molar-refractivity contribution in [2.45, 2.75) is 132 Å². The maximum absolute atomic E-state index is 16.2. The van der Waals surface area contributed by atoms with Gasteiger partial charge in [-0.15, -0.1) is 0 Å². The Bertz CT molecular complexity index is 2750. The zero-order valence-electron chi connectivity index (χ0n) is 43.0. The molecular formula is C55H60Cl3NO17. The van der Waals surface area contributed by atoms with Gasteiger partial charge in [0.2, 0.25) is 15.8 Å². The number of alkyl halides is 3. The van der Waals surface area contributed by atoms with Crippen LogP contribution in [0.2, 0.25) is 0 Å². The van der Waals surface area contributed by atoms with Crippen LogP contribution in [0.3, 0.4) is 0 Å². The Morgan fingerprint density at radius 2 is 1.39 bits per heavy atom. The summed E-state index contributed by atoms with van der Waals surface area (Å²) in [5, 5.41) is 17.0. The molecule has 0 spiro atoms. The minimum Gasteiger partial charge on any atom is -0.455 e. The molecule has 12 atom stereocenters. The van der Waals surface area contributed by atoms with Gasteiger partial charge in [0.15, 0.2) is 17.5 Å². The third kappa shape index (κ3) is 11.2. The average molecular weight is 1110 g/mol. The van der Waals surface area contributed by atoms with Gasteiger partial charge < -0.3 is 48.3 Å². The summed E-state index contributed by atoms with van der Waals surface area (Å²) in [7, 11) is 0. The molecule has 0 aromatic heterocycles. The van der Waals surface area contributed by atoms with E-state index in [0.717, 1.165) is 13.8 Å². The van der Waals surface area contributed by atoms with E-state index in [9.17, 15) is 33.9 Å². The summed E-state index contributed by atoms with van der Waals surface area (Å²) in [5.74, 6) is -8.89. The summed E-state index contributed by atoms with van der Waals surface area (Å²) in [6.07, 6.45) is -12.6. The van der Waals surface area contributed by atoms with E-state index < -0.39 is 148 Å². The molecule has 0 radical (unpaired) electrons. The first kappa shape index (κ1) is 57.7. The molecule has 76 heavy (non-hydrogen) atoms. The Kier molecular flexibility index (Phi) is 17.1.